The van der Waals surface area contributed by atoms with E-state index in [1.807, 2.05) is 12.4 Å². The zero-order valence-electron chi connectivity index (χ0n) is 11.6. The van der Waals surface area contributed by atoms with Crippen LogP contribution >= 0.6 is 0 Å². The lowest BCUT2D eigenvalue weighted by Gasteiger charge is -2.18. The number of anilines is 1. The van der Waals surface area contributed by atoms with Gasteiger partial charge < -0.3 is 14.6 Å². The maximum atomic E-state index is 5.09. The Balaban J connectivity index is 1.84. The van der Waals surface area contributed by atoms with E-state index in [4.69, 9.17) is 4.74 Å². The van der Waals surface area contributed by atoms with Gasteiger partial charge in [0, 0.05) is 38.7 Å². The van der Waals surface area contributed by atoms with Crippen LogP contribution in [0.4, 0.5) is 5.95 Å². The first-order valence-corrected chi connectivity index (χ1v) is 7.10. The molecule has 2 rings (SSSR count). The molecule has 1 heterocycles. The van der Waals surface area contributed by atoms with E-state index in [1.54, 1.807) is 7.11 Å². The molecule has 1 atom stereocenters. The molecule has 1 aliphatic carbocycles. The summed E-state index contributed by atoms with van der Waals surface area (Å²) in [6.45, 7) is 4.02. The van der Waals surface area contributed by atoms with Gasteiger partial charge >= 0.3 is 0 Å². The van der Waals surface area contributed by atoms with Crippen LogP contribution < -0.4 is 5.32 Å². The van der Waals surface area contributed by atoms with Crippen molar-refractivity contribution in [3.63, 3.8) is 0 Å². The minimum absolute atomic E-state index is 0.570. The van der Waals surface area contributed by atoms with Crippen molar-refractivity contribution in [2.24, 2.45) is 5.92 Å². The predicted octanol–water partition coefficient (Wildman–Crippen LogP) is 2.91. The first kappa shape index (κ1) is 13.4. The second-order valence-electron chi connectivity index (χ2n) is 5.22. The molecule has 1 aromatic heterocycles. The second-order valence-corrected chi connectivity index (χ2v) is 5.22. The summed E-state index contributed by atoms with van der Waals surface area (Å²) in [7, 11) is 1.75. The largest absolute Gasteiger partial charge is 0.385 e. The zero-order valence-corrected chi connectivity index (χ0v) is 11.6. The molecule has 0 radical (unpaired) electrons. The Morgan fingerprint density at radius 2 is 2.39 bits per heavy atom. The van der Waals surface area contributed by atoms with Gasteiger partial charge in [-0.1, -0.05) is 19.8 Å². The van der Waals surface area contributed by atoms with Gasteiger partial charge in [0.2, 0.25) is 5.95 Å². The Kier molecular flexibility index (Phi) is 5.05. The molecule has 0 amide bonds. The summed E-state index contributed by atoms with van der Waals surface area (Å²) >= 11 is 0. The summed E-state index contributed by atoms with van der Waals surface area (Å²) in [6, 6.07) is 0.570. The molecule has 1 aliphatic rings. The number of nitrogens with one attached hydrogen (secondary N) is 1. The van der Waals surface area contributed by atoms with Crippen molar-refractivity contribution >= 4 is 5.95 Å². The van der Waals surface area contributed by atoms with Crippen LogP contribution in [-0.2, 0) is 11.3 Å². The van der Waals surface area contributed by atoms with Crippen LogP contribution in [0.25, 0.3) is 0 Å². The van der Waals surface area contributed by atoms with Crippen LogP contribution in [0.15, 0.2) is 12.4 Å². The monoisotopic (exact) mass is 251 g/mol. The highest BCUT2D eigenvalue weighted by Crippen LogP contribution is 2.34. The molecular weight excluding hydrogens is 226 g/mol. The molecule has 0 saturated heterocycles. The van der Waals surface area contributed by atoms with Crippen LogP contribution in [0, 0.1) is 5.92 Å². The number of aryl methyl sites for hydroxylation is 1. The Morgan fingerprint density at radius 1 is 1.56 bits per heavy atom. The summed E-state index contributed by atoms with van der Waals surface area (Å²) in [4.78, 5) is 4.42. The van der Waals surface area contributed by atoms with Crippen molar-refractivity contribution in [3.05, 3.63) is 12.4 Å². The van der Waals surface area contributed by atoms with Gasteiger partial charge in [0.1, 0.15) is 0 Å². The van der Waals surface area contributed by atoms with Crippen LogP contribution in [0.3, 0.4) is 0 Å². The number of aromatic nitrogens is 2. The summed E-state index contributed by atoms with van der Waals surface area (Å²) in [5.41, 5.74) is 0. The minimum atomic E-state index is 0.570. The van der Waals surface area contributed by atoms with Gasteiger partial charge in [-0.05, 0) is 25.2 Å². The number of hydrogen-bond acceptors (Lipinski definition) is 3. The van der Waals surface area contributed by atoms with Gasteiger partial charge in [0.05, 0.1) is 0 Å². The van der Waals surface area contributed by atoms with E-state index in [2.05, 4.69) is 21.8 Å². The molecule has 0 aliphatic heterocycles. The fourth-order valence-corrected chi connectivity index (χ4v) is 2.28. The standard InChI is InChI=1S/C14H25N3O/c1-3-13(11-12-5-6-12)16-14-15-7-9-17(14)8-4-10-18-2/h7,9,12-13H,3-6,8,10-11H2,1-2H3,(H,15,16). The Bertz CT molecular complexity index is 347. The van der Waals surface area contributed by atoms with E-state index >= 15 is 0 Å². The average Bonchev–Trinajstić information content (AvgIpc) is 3.09. The Morgan fingerprint density at radius 3 is 3.06 bits per heavy atom. The number of hydrogen-bond donors (Lipinski definition) is 1. The SMILES string of the molecule is CCC(CC1CC1)Nc1nccn1CCCOC. The normalized spacial score (nSPS) is 16.8. The van der Waals surface area contributed by atoms with Gasteiger partial charge in [0.25, 0.3) is 0 Å². The molecule has 0 bridgehead atoms. The summed E-state index contributed by atoms with van der Waals surface area (Å²) < 4.78 is 7.28. The molecule has 1 unspecified atom stereocenters. The first-order valence-electron chi connectivity index (χ1n) is 7.10. The first-order chi connectivity index (χ1) is 8.83. The van der Waals surface area contributed by atoms with Gasteiger partial charge in [-0.15, -0.1) is 0 Å². The lowest BCUT2D eigenvalue weighted by molar-refractivity contribution is 0.190. The second kappa shape index (κ2) is 6.78. The Labute approximate surface area is 110 Å². The average molecular weight is 251 g/mol. The van der Waals surface area contributed by atoms with Crippen LogP contribution in [0.5, 0.6) is 0 Å². The summed E-state index contributed by atoms with van der Waals surface area (Å²) in [5, 5.41) is 3.59. The van der Waals surface area contributed by atoms with E-state index in [0.29, 0.717) is 6.04 Å². The van der Waals surface area contributed by atoms with Crippen molar-refractivity contribution in [1.29, 1.82) is 0 Å². The molecule has 0 spiro atoms. The van der Waals surface area contributed by atoms with Crippen molar-refractivity contribution in [1.82, 2.24) is 9.55 Å². The quantitative estimate of drug-likeness (QED) is 0.686. The highest BCUT2D eigenvalue weighted by Gasteiger charge is 2.25. The maximum absolute atomic E-state index is 5.09. The third-order valence-electron chi connectivity index (χ3n) is 3.60. The van der Waals surface area contributed by atoms with Crippen molar-refractivity contribution in [3.8, 4) is 0 Å². The molecule has 1 saturated carbocycles. The van der Waals surface area contributed by atoms with E-state index in [9.17, 15) is 0 Å². The molecular formula is C14H25N3O. The molecule has 18 heavy (non-hydrogen) atoms. The number of rotatable bonds is 9. The highest BCUT2D eigenvalue weighted by molar-refractivity contribution is 5.27. The minimum Gasteiger partial charge on any atom is -0.385 e. The fourth-order valence-electron chi connectivity index (χ4n) is 2.28. The van der Waals surface area contributed by atoms with Crippen LogP contribution in [-0.4, -0.2) is 29.3 Å². The number of ether oxygens (including phenoxy) is 1. The predicted molar refractivity (Wildman–Crippen MR) is 73.8 cm³/mol. The molecule has 4 nitrogen and oxygen atoms in total. The molecule has 4 heteroatoms. The van der Waals surface area contributed by atoms with E-state index in [-0.39, 0.29) is 0 Å². The van der Waals surface area contributed by atoms with Crippen molar-refractivity contribution < 1.29 is 4.74 Å². The lowest BCUT2D eigenvalue weighted by Crippen LogP contribution is -2.22. The zero-order chi connectivity index (χ0) is 12.8. The fraction of sp³-hybridized carbons (Fsp3) is 0.786. The topological polar surface area (TPSA) is 39.1 Å². The third-order valence-corrected chi connectivity index (χ3v) is 3.60. The van der Waals surface area contributed by atoms with Crippen LogP contribution in [0.1, 0.15) is 39.0 Å². The van der Waals surface area contributed by atoms with Gasteiger partial charge in [-0.3, -0.25) is 0 Å². The molecule has 0 aromatic carbocycles. The van der Waals surface area contributed by atoms with E-state index in [1.165, 1.54) is 25.7 Å². The van der Waals surface area contributed by atoms with Crippen molar-refractivity contribution in [2.45, 2.75) is 51.6 Å². The van der Waals surface area contributed by atoms with Crippen molar-refractivity contribution in [2.75, 3.05) is 19.0 Å². The molecule has 1 fully saturated rings. The number of imidazole rings is 1. The highest BCUT2D eigenvalue weighted by atomic mass is 16.5. The van der Waals surface area contributed by atoms with Gasteiger partial charge in [-0.25, -0.2) is 4.98 Å². The molecule has 102 valence electrons. The smallest absolute Gasteiger partial charge is 0.202 e. The van der Waals surface area contributed by atoms with E-state index < -0.39 is 0 Å². The van der Waals surface area contributed by atoms with Gasteiger partial charge in [0.15, 0.2) is 0 Å². The third kappa shape index (κ3) is 4.02. The number of methoxy groups -OCH3 is 1. The summed E-state index contributed by atoms with van der Waals surface area (Å²) in [5.74, 6) is 1.97. The maximum Gasteiger partial charge on any atom is 0.202 e. The number of nitrogens with zero attached hydrogens (tertiary/aromatic N) is 2. The molecule has 1 N–H and O–H groups in total. The van der Waals surface area contributed by atoms with E-state index in [0.717, 1.165) is 31.4 Å². The Hall–Kier alpha value is -1.03. The van der Waals surface area contributed by atoms with Crippen LogP contribution in [0.2, 0.25) is 0 Å². The molecule has 1 aromatic rings. The lowest BCUT2D eigenvalue weighted by atomic mass is 10.1. The van der Waals surface area contributed by atoms with Gasteiger partial charge in [-0.2, -0.15) is 0 Å². The summed E-state index contributed by atoms with van der Waals surface area (Å²) in [6.07, 6.45) is 10.2.